The van der Waals surface area contributed by atoms with Gasteiger partial charge in [-0.2, -0.15) is 0 Å². The summed E-state index contributed by atoms with van der Waals surface area (Å²) in [4.78, 5) is 4.12. The summed E-state index contributed by atoms with van der Waals surface area (Å²) in [6.45, 7) is 2.31. The molecule has 0 saturated carbocycles. The normalized spacial score (nSPS) is 20.4. The van der Waals surface area contributed by atoms with Crippen molar-refractivity contribution in [1.29, 1.82) is 0 Å². The highest BCUT2D eigenvalue weighted by atomic mass is 14.9. The lowest BCUT2D eigenvalue weighted by Crippen LogP contribution is -2.84. The van der Waals surface area contributed by atoms with Crippen molar-refractivity contribution in [1.82, 2.24) is 4.98 Å². The molecule has 1 aliphatic rings. The molecule has 1 heterocycles. The first-order chi connectivity index (χ1) is 7.45. The zero-order valence-corrected chi connectivity index (χ0v) is 9.10. The molecule has 0 radical (unpaired) electrons. The molecule has 0 saturated heterocycles. The third-order valence-electron chi connectivity index (χ3n) is 2.98. The first-order valence-corrected chi connectivity index (χ1v) is 5.81. The van der Waals surface area contributed by atoms with Gasteiger partial charge in [0.1, 0.15) is 6.54 Å². The van der Waals surface area contributed by atoms with Gasteiger partial charge >= 0.3 is 0 Å². The molecular weight excluding hydrogens is 184 g/mol. The third kappa shape index (κ3) is 3.48. The standard InChI is InChI=1S/C13H18N2/c1-2-5-12(6-3-1)9-15-11-13-7-4-8-14-10-13/h1-2,4,7-8,10,12,15H,3,5-6,9,11H2/p+1/t12-/m1/s1. The van der Waals surface area contributed by atoms with E-state index in [0.717, 1.165) is 12.5 Å². The topological polar surface area (TPSA) is 29.5 Å². The van der Waals surface area contributed by atoms with Crippen molar-refractivity contribution in [2.45, 2.75) is 25.8 Å². The van der Waals surface area contributed by atoms with Crippen molar-refractivity contribution >= 4 is 0 Å². The fraction of sp³-hybridized carbons (Fsp3) is 0.462. The van der Waals surface area contributed by atoms with E-state index in [1.807, 2.05) is 18.5 Å². The van der Waals surface area contributed by atoms with Gasteiger partial charge in [-0.05, 0) is 25.3 Å². The first kappa shape index (κ1) is 10.4. The summed E-state index contributed by atoms with van der Waals surface area (Å²) in [6, 6.07) is 4.15. The van der Waals surface area contributed by atoms with Crippen molar-refractivity contribution in [2.75, 3.05) is 6.54 Å². The van der Waals surface area contributed by atoms with Crippen LogP contribution in [0.2, 0.25) is 0 Å². The first-order valence-electron chi connectivity index (χ1n) is 5.81. The second-order valence-corrected chi connectivity index (χ2v) is 4.24. The Balaban J connectivity index is 1.68. The van der Waals surface area contributed by atoms with Crippen LogP contribution in [0.1, 0.15) is 24.8 Å². The lowest BCUT2D eigenvalue weighted by atomic mass is 9.94. The quantitative estimate of drug-likeness (QED) is 0.738. The molecule has 2 nitrogen and oxygen atoms in total. The monoisotopic (exact) mass is 203 g/mol. The summed E-state index contributed by atoms with van der Waals surface area (Å²) in [6.07, 6.45) is 12.3. The summed E-state index contributed by atoms with van der Waals surface area (Å²) in [7, 11) is 0. The molecule has 1 aliphatic carbocycles. The molecule has 1 aromatic rings. The van der Waals surface area contributed by atoms with E-state index in [4.69, 9.17) is 0 Å². The summed E-state index contributed by atoms with van der Waals surface area (Å²) in [5, 5.41) is 2.40. The second-order valence-electron chi connectivity index (χ2n) is 4.24. The van der Waals surface area contributed by atoms with Gasteiger partial charge in [0.15, 0.2) is 0 Å². The summed E-state index contributed by atoms with van der Waals surface area (Å²) in [5.41, 5.74) is 1.32. The molecule has 0 aromatic carbocycles. The number of allylic oxidation sites excluding steroid dienone is 2. The van der Waals surface area contributed by atoms with E-state index < -0.39 is 0 Å². The van der Waals surface area contributed by atoms with Gasteiger partial charge in [-0.15, -0.1) is 0 Å². The highest BCUT2D eigenvalue weighted by Gasteiger charge is 2.11. The molecule has 2 heteroatoms. The van der Waals surface area contributed by atoms with Crippen LogP contribution >= 0.6 is 0 Å². The number of rotatable bonds is 4. The average molecular weight is 203 g/mol. The Bertz CT molecular complexity index is 306. The number of nitrogens with zero attached hydrogens (tertiary/aromatic N) is 1. The van der Waals surface area contributed by atoms with Crippen LogP contribution in [-0.2, 0) is 6.54 Å². The molecule has 0 bridgehead atoms. The van der Waals surface area contributed by atoms with Gasteiger partial charge in [-0.1, -0.05) is 18.2 Å². The Morgan fingerprint density at radius 1 is 1.40 bits per heavy atom. The van der Waals surface area contributed by atoms with Crippen LogP contribution in [0.5, 0.6) is 0 Å². The predicted octanol–water partition coefficient (Wildman–Crippen LogP) is 1.50. The van der Waals surface area contributed by atoms with Crippen LogP contribution in [0.3, 0.4) is 0 Å². The van der Waals surface area contributed by atoms with Gasteiger partial charge in [0.25, 0.3) is 0 Å². The summed E-state index contributed by atoms with van der Waals surface area (Å²) < 4.78 is 0. The zero-order valence-electron chi connectivity index (χ0n) is 9.10. The van der Waals surface area contributed by atoms with Crippen LogP contribution in [0.15, 0.2) is 36.7 Å². The number of pyridine rings is 1. The molecule has 15 heavy (non-hydrogen) atoms. The van der Waals surface area contributed by atoms with E-state index in [-0.39, 0.29) is 0 Å². The fourth-order valence-electron chi connectivity index (χ4n) is 2.07. The predicted molar refractivity (Wildman–Crippen MR) is 61.2 cm³/mol. The minimum atomic E-state index is 0.881. The fourth-order valence-corrected chi connectivity index (χ4v) is 2.07. The van der Waals surface area contributed by atoms with Crippen LogP contribution in [0.25, 0.3) is 0 Å². The third-order valence-corrected chi connectivity index (χ3v) is 2.98. The molecule has 0 fully saturated rings. The molecule has 1 atom stereocenters. The van der Waals surface area contributed by atoms with Gasteiger partial charge in [0.2, 0.25) is 0 Å². The van der Waals surface area contributed by atoms with Crippen LogP contribution in [-0.4, -0.2) is 11.5 Å². The highest BCUT2D eigenvalue weighted by Crippen LogP contribution is 2.15. The molecular formula is C13H19N2+. The Kier molecular flexibility index (Phi) is 3.92. The summed E-state index contributed by atoms with van der Waals surface area (Å²) in [5.74, 6) is 0.881. The molecule has 2 N–H and O–H groups in total. The number of hydrogen-bond donors (Lipinski definition) is 1. The lowest BCUT2D eigenvalue weighted by molar-refractivity contribution is -0.676. The minimum absolute atomic E-state index is 0.881. The van der Waals surface area contributed by atoms with Crippen LogP contribution in [0.4, 0.5) is 0 Å². The zero-order chi connectivity index (χ0) is 10.3. The molecule has 0 amide bonds. The molecule has 1 aromatic heterocycles. The lowest BCUT2D eigenvalue weighted by Gasteiger charge is -2.15. The number of quaternary nitrogens is 1. The Morgan fingerprint density at radius 2 is 2.40 bits per heavy atom. The van der Waals surface area contributed by atoms with Crippen molar-refractivity contribution in [2.24, 2.45) is 5.92 Å². The Labute approximate surface area is 91.4 Å². The van der Waals surface area contributed by atoms with Crippen LogP contribution in [0, 0.1) is 5.92 Å². The van der Waals surface area contributed by atoms with Gasteiger partial charge in [0, 0.05) is 23.9 Å². The number of aromatic nitrogens is 1. The highest BCUT2D eigenvalue weighted by molar-refractivity contribution is 5.06. The van der Waals surface area contributed by atoms with Gasteiger partial charge in [0.05, 0.1) is 6.54 Å². The maximum atomic E-state index is 4.12. The summed E-state index contributed by atoms with van der Waals surface area (Å²) >= 11 is 0. The molecule has 80 valence electrons. The van der Waals surface area contributed by atoms with Gasteiger partial charge in [-0.3, -0.25) is 4.98 Å². The van der Waals surface area contributed by atoms with E-state index in [0.29, 0.717) is 0 Å². The SMILES string of the molecule is C1=CC[C@@H](C[NH2+]Cc2cccnc2)CC1. The van der Waals surface area contributed by atoms with E-state index >= 15 is 0 Å². The number of hydrogen-bond acceptors (Lipinski definition) is 1. The maximum absolute atomic E-state index is 4.12. The molecule has 2 rings (SSSR count). The maximum Gasteiger partial charge on any atom is 0.103 e. The van der Waals surface area contributed by atoms with E-state index in [9.17, 15) is 0 Å². The van der Waals surface area contributed by atoms with Gasteiger partial charge < -0.3 is 5.32 Å². The minimum Gasteiger partial charge on any atom is -0.342 e. The van der Waals surface area contributed by atoms with Crippen molar-refractivity contribution in [3.63, 3.8) is 0 Å². The van der Waals surface area contributed by atoms with E-state index in [1.165, 1.54) is 31.4 Å². The van der Waals surface area contributed by atoms with Crippen LogP contribution < -0.4 is 5.32 Å². The number of nitrogens with two attached hydrogens (primary N) is 1. The Morgan fingerprint density at radius 3 is 3.13 bits per heavy atom. The van der Waals surface area contributed by atoms with E-state index in [2.05, 4.69) is 28.5 Å². The second kappa shape index (κ2) is 5.66. The Hall–Kier alpha value is -1.15. The molecule has 0 aliphatic heterocycles. The smallest absolute Gasteiger partial charge is 0.103 e. The largest absolute Gasteiger partial charge is 0.342 e. The van der Waals surface area contributed by atoms with Gasteiger partial charge in [-0.25, -0.2) is 0 Å². The molecule has 0 unspecified atom stereocenters. The van der Waals surface area contributed by atoms with Crippen molar-refractivity contribution < 1.29 is 5.32 Å². The van der Waals surface area contributed by atoms with Crippen molar-refractivity contribution in [3.8, 4) is 0 Å². The van der Waals surface area contributed by atoms with Crippen molar-refractivity contribution in [3.05, 3.63) is 42.2 Å². The van der Waals surface area contributed by atoms with E-state index in [1.54, 1.807) is 0 Å². The molecule has 0 spiro atoms. The average Bonchev–Trinajstić information content (AvgIpc) is 2.32.